The van der Waals surface area contributed by atoms with Gasteiger partial charge in [0.1, 0.15) is 0 Å². The second kappa shape index (κ2) is 6.56. The highest BCUT2D eigenvalue weighted by Crippen LogP contribution is 2.38. The summed E-state index contributed by atoms with van der Waals surface area (Å²) in [5, 5.41) is 19.8. The molecule has 0 unspecified atom stereocenters. The maximum Gasteiger partial charge on any atom is 0.223 e. The van der Waals surface area contributed by atoms with Gasteiger partial charge in [0.2, 0.25) is 5.43 Å². The highest BCUT2D eigenvalue weighted by Gasteiger charge is 2.29. The number of hydrogen-bond acceptors (Lipinski definition) is 4. The second-order valence-electron chi connectivity index (χ2n) is 6.21. The number of nitrogens with zero attached hydrogens (tertiary/aromatic N) is 2. The van der Waals surface area contributed by atoms with Gasteiger partial charge >= 0.3 is 0 Å². The first-order valence-corrected chi connectivity index (χ1v) is 7.89. The molecule has 122 valence electrons. The van der Waals surface area contributed by atoms with Crippen LogP contribution in [0, 0.1) is 0 Å². The summed E-state index contributed by atoms with van der Waals surface area (Å²) in [5.41, 5.74) is 1.93. The Morgan fingerprint density at radius 3 is 2.52 bits per heavy atom. The molecule has 1 fully saturated rings. The van der Waals surface area contributed by atoms with E-state index in [9.17, 15) is 15.0 Å². The number of aromatic hydroxyl groups is 1. The molecule has 0 aliphatic heterocycles. The second-order valence-corrected chi connectivity index (χ2v) is 6.21. The lowest BCUT2D eigenvalue weighted by atomic mass is 10.2. The molecule has 0 amide bonds. The number of benzene rings is 1. The lowest BCUT2D eigenvalue weighted by molar-refractivity contribution is 0.260. The van der Waals surface area contributed by atoms with E-state index in [2.05, 4.69) is 17.0 Å². The molecule has 1 aliphatic rings. The van der Waals surface area contributed by atoms with E-state index in [-0.39, 0.29) is 18.4 Å². The number of hydrogen-bond donors (Lipinski definition) is 2. The summed E-state index contributed by atoms with van der Waals surface area (Å²) in [6, 6.07) is 11.7. The van der Waals surface area contributed by atoms with Crippen LogP contribution in [0.1, 0.15) is 35.8 Å². The smallest absolute Gasteiger partial charge is 0.223 e. The first-order valence-electron chi connectivity index (χ1n) is 7.89. The van der Waals surface area contributed by atoms with Crippen molar-refractivity contribution >= 4 is 0 Å². The van der Waals surface area contributed by atoms with Gasteiger partial charge in [-0.15, -0.1) is 0 Å². The van der Waals surface area contributed by atoms with Gasteiger partial charge in [-0.05, 0) is 25.5 Å². The predicted molar refractivity (Wildman–Crippen MR) is 88.2 cm³/mol. The number of pyridine rings is 1. The highest BCUT2D eigenvalue weighted by molar-refractivity contribution is 5.31. The zero-order chi connectivity index (χ0) is 16.4. The van der Waals surface area contributed by atoms with Crippen LogP contribution in [0.4, 0.5) is 0 Å². The molecule has 0 spiro atoms. The fourth-order valence-corrected chi connectivity index (χ4v) is 2.99. The van der Waals surface area contributed by atoms with Crippen molar-refractivity contribution in [2.45, 2.75) is 38.6 Å². The molecular weight excluding hydrogens is 292 g/mol. The third-order valence-electron chi connectivity index (χ3n) is 4.19. The van der Waals surface area contributed by atoms with Gasteiger partial charge in [-0.25, -0.2) is 0 Å². The summed E-state index contributed by atoms with van der Waals surface area (Å²) < 4.78 is 1.94. The summed E-state index contributed by atoms with van der Waals surface area (Å²) in [6.45, 7) is 0.990. The van der Waals surface area contributed by atoms with Crippen molar-refractivity contribution in [2.24, 2.45) is 0 Å². The van der Waals surface area contributed by atoms with Gasteiger partial charge in [0.15, 0.2) is 5.75 Å². The molecule has 2 aromatic rings. The lowest BCUT2D eigenvalue weighted by Gasteiger charge is -2.23. The number of aromatic nitrogens is 1. The summed E-state index contributed by atoms with van der Waals surface area (Å²) in [4.78, 5) is 14.0. The molecule has 1 aromatic heterocycles. The third kappa shape index (κ3) is 3.46. The molecule has 5 nitrogen and oxygen atoms in total. The monoisotopic (exact) mass is 314 g/mol. The van der Waals surface area contributed by atoms with Gasteiger partial charge in [0.05, 0.1) is 12.3 Å². The standard InChI is InChI=1S/C18H22N2O3/c1-19(10-13-5-3-2-4-6-13)11-16-18(23)17(22)9-15(12-21)20(16)14-7-8-14/h2-6,9,14,21,23H,7-8,10-12H2,1H3. The van der Waals surface area contributed by atoms with Gasteiger partial charge in [-0.1, -0.05) is 30.3 Å². The number of aliphatic hydroxyl groups is 1. The molecule has 2 N–H and O–H groups in total. The average molecular weight is 314 g/mol. The van der Waals surface area contributed by atoms with Gasteiger partial charge in [0.25, 0.3) is 0 Å². The minimum absolute atomic E-state index is 0.193. The van der Waals surface area contributed by atoms with E-state index in [0.29, 0.717) is 17.9 Å². The van der Waals surface area contributed by atoms with Crippen molar-refractivity contribution in [3.63, 3.8) is 0 Å². The Hall–Kier alpha value is -2.11. The maximum absolute atomic E-state index is 12.0. The van der Waals surface area contributed by atoms with E-state index in [1.54, 1.807) is 0 Å². The third-order valence-corrected chi connectivity index (χ3v) is 4.19. The minimum atomic E-state index is -0.422. The summed E-state index contributed by atoms with van der Waals surface area (Å²) >= 11 is 0. The zero-order valence-corrected chi connectivity index (χ0v) is 13.3. The molecule has 1 heterocycles. The Kier molecular flexibility index (Phi) is 4.50. The van der Waals surface area contributed by atoms with E-state index in [0.717, 1.165) is 19.4 Å². The lowest BCUT2D eigenvalue weighted by Crippen LogP contribution is -2.24. The summed E-state index contributed by atoms with van der Waals surface area (Å²) in [7, 11) is 1.96. The molecule has 1 aliphatic carbocycles. The largest absolute Gasteiger partial charge is 0.503 e. The van der Waals surface area contributed by atoms with Crippen LogP contribution in [0.3, 0.4) is 0 Å². The Morgan fingerprint density at radius 2 is 1.91 bits per heavy atom. The van der Waals surface area contributed by atoms with Crippen molar-refractivity contribution < 1.29 is 10.2 Å². The van der Waals surface area contributed by atoms with Gasteiger partial charge < -0.3 is 14.8 Å². The minimum Gasteiger partial charge on any atom is -0.503 e. The van der Waals surface area contributed by atoms with Crippen LogP contribution in [0.15, 0.2) is 41.2 Å². The van der Waals surface area contributed by atoms with Crippen LogP contribution in [0.25, 0.3) is 0 Å². The predicted octanol–water partition coefficient (Wildman–Crippen LogP) is 2.01. The molecule has 0 atom stereocenters. The van der Waals surface area contributed by atoms with Gasteiger partial charge in [-0.3, -0.25) is 9.69 Å². The summed E-state index contributed by atoms with van der Waals surface area (Å²) in [5.74, 6) is -0.200. The first kappa shape index (κ1) is 15.8. The molecule has 1 aromatic carbocycles. The Labute approximate surface area is 135 Å². The molecule has 0 saturated heterocycles. The van der Waals surface area contributed by atoms with E-state index >= 15 is 0 Å². The van der Waals surface area contributed by atoms with Crippen molar-refractivity contribution in [2.75, 3.05) is 7.05 Å². The van der Waals surface area contributed by atoms with E-state index < -0.39 is 5.43 Å². The molecule has 0 radical (unpaired) electrons. The van der Waals surface area contributed by atoms with Crippen molar-refractivity contribution in [1.82, 2.24) is 9.47 Å². The molecule has 3 rings (SSSR count). The van der Waals surface area contributed by atoms with E-state index in [4.69, 9.17) is 0 Å². The zero-order valence-electron chi connectivity index (χ0n) is 13.3. The normalized spacial score (nSPS) is 14.4. The SMILES string of the molecule is CN(Cc1ccccc1)Cc1c(O)c(=O)cc(CO)n1C1CC1. The van der Waals surface area contributed by atoms with Crippen molar-refractivity contribution in [1.29, 1.82) is 0 Å². The maximum atomic E-state index is 12.0. The first-order chi connectivity index (χ1) is 11.1. The number of rotatable bonds is 6. The van der Waals surface area contributed by atoms with Gasteiger partial charge in [0, 0.05) is 30.9 Å². The van der Waals surface area contributed by atoms with Crippen LogP contribution in [-0.4, -0.2) is 26.7 Å². The van der Waals surface area contributed by atoms with Gasteiger partial charge in [-0.2, -0.15) is 0 Å². The van der Waals surface area contributed by atoms with E-state index in [1.807, 2.05) is 29.8 Å². The molecule has 23 heavy (non-hydrogen) atoms. The Bertz CT molecular complexity index is 736. The number of aliphatic hydroxyl groups excluding tert-OH is 1. The van der Waals surface area contributed by atoms with Crippen molar-refractivity contribution in [3.8, 4) is 5.75 Å². The highest BCUT2D eigenvalue weighted by atomic mass is 16.3. The van der Waals surface area contributed by atoms with Crippen LogP contribution >= 0.6 is 0 Å². The Morgan fingerprint density at radius 1 is 1.22 bits per heavy atom. The average Bonchev–Trinajstić information content (AvgIpc) is 3.37. The topological polar surface area (TPSA) is 65.7 Å². The quantitative estimate of drug-likeness (QED) is 0.856. The molecule has 5 heteroatoms. The van der Waals surface area contributed by atoms with E-state index in [1.165, 1.54) is 11.6 Å². The van der Waals surface area contributed by atoms with Crippen LogP contribution < -0.4 is 5.43 Å². The molecule has 1 saturated carbocycles. The van der Waals surface area contributed by atoms with Crippen LogP contribution in [0.2, 0.25) is 0 Å². The summed E-state index contributed by atoms with van der Waals surface area (Å²) in [6.07, 6.45) is 2.04. The Balaban J connectivity index is 1.89. The fourth-order valence-electron chi connectivity index (χ4n) is 2.99. The molecule has 0 bridgehead atoms. The fraction of sp³-hybridized carbons (Fsp3) is 0.389. The van der Waals surface area contributed by atoms with Crippen LogP contribution in [0.5, 0.6) is 5.75 Å². The molecular formula is C18H22N2O3. The van der Waals surface area contributed by atoms with Crippen LogP contribution in [-0.2, 0) is 19.7 Å². The van der Waals surface area contributed by atoms with Crippen molar-refractivity contribution in [3.05, 3.63) is 63.6 Å².